The van der Waals surface area contributed by atoms with Crippen molar-refractivity contribution < 1.29 is 14.3 Å². The van der Waals surface area contributed by atoms with E-state index in [-0.39, 0.29) is 23.7 Å². The number of hydrogen-bond donors (Lipinski definition) is 1. The number of likely N-dealkylation sites (tertiary alicyclic amines) is 1. The molecule has 3 aliphatic rings. The number of piperidine rings is 1. The van der Waals surface area contributed by atoms with Crippen molar-refractivity contribution in [3.63, 3.8) is 0 Å². The number of hydrogen-bond acceptors (Lipinski definition) is 6. The lowest BCUT2D eigenvalue weighted by molar-refractivity contribution is -0.130. The van der Waals surface area contributed by atoms with Gasteiger partial charge in [0.2, 0.25) is 11.1 Å². The number of carbonyl (C=O) groups is 2. The minimum atomic E-state index is -0.499. The van der Waals surface area contributed by atoms with Crippen LogP contribution in [0.25, 0.3) is 6.08 Å². The second-order valence-corrected chi connectivity index (χ2v) is 10.1. The molecule has 36 heavy (non-hydrogen) atoms. The summed E-state index contributed by atoms with van der Waals surface area (Å²) in [7, 11) is 0. The Bertz CT molecular complexity index is 1280. The van der Waals surface area contributed by atoms with Crippen molar-refractivity contribution in [3.8, 4) is 5.75 Å². The SMILES string of the molecule is N=C1/C(=C/c2ccc(OCc3ccc(Cl)cc3)cc2)C(=O)N=C2SC(CC(=O)N3CCCCC3)=NN12. The lowest BCUT2D eigenvalue weighted by atomic mass is 10.1. The number of halogens is 1. The molecule has 1 saturated heterocycles. The van der Waals surface area contributed by atoms with E-state index >= 15 is 0 Å². The average molecular weight is 522 g/mol. The molecule has 3 aliphatic heterocycles. The highest BCUT2D eigenvalue weighted by Crippen LogP contribution is 2.30. The van der Waals surface area contributed by atoms with E-state index in [4.69, 9.17) is 21.7 Å². The third-order valence-electron chi connectivity index (χ3n) is 6.02. The summed E-state index contributed by atoms with van der Waals surface area (Å²) >= 11 is 7.09. The fraction of sp³-hybridized carbons (Fsp3) is 0.269. The predicted molar refractivity (Wildman–Crippen MR) is 142 cm³/mol. The molecule has 184 valence electrons. The molecule has 1 N–H and O–H groups in total. The molecule has 2 aromatic rings. The number of nitrogens with one attached hydrogen (secondary N) is 1. The van der Waals surface area contributed by atoms with E-state index in [9.17, 15) is 9.59 Å². The molecule has 5 rings (SSSR count). The monoisotopic (exact) mass is 521 g/mol. The summed E-state index contributed by atoms with van der Waals surface area (Å²) < 4.78 is 5.81. The molecule has 2 amide bonds. The number of amides is 2. The average Bonchev–Trinajstić information content (AvgIpc) is 3.29. The maximum Gasteiger partial charge on any atom is 0.283 e. The Labute approximate surface area is 218 Å². The molecular weight excluding hydrogens is 498 g/mol. The van der Waals surface area contributed by atoms with Gasteiger partial charge in [-0.15, -0.1) is 0 Å². The van der Waals surface area contributed by atoms with Gasteiger partial charge in [-0.25, -0.2) is 0 Å². The summed E-state index contributed by atoms with van der Waals surface area (Å²) in [6, 6.07) is 14.7. The van der Waals surface area contributed by atoms with Crippen LogP contribution in [0.4, 0.5) is 0 Å². The Balaban J connectivity index is 1.24. The number of amidine groups is 2. The third-order valence-corrected chi connectivity index (χ3v) is 7.18. The van der Waals surface area contributed by atoms with Crippen LogP contribution in [0.3, 0.4) is 0 Å². The summed E-state index contributed by atoms with van der Waals surface area (Å²) in [5, 5.41) is 15.8. The number of ether oxygens (including phenoxy) is 1. The van der Waals surface area contributed by atoms with Crippen molar-refractivity contribution in [2.45, 2.75) is 32.3 Å². The highest BCUT2D eigenvalue weighted by molar-refractivity contribution is 8.27. The molecule has 1 fully saturated rings. The lowest BCUT2D eigenvalue weighted by Gasteiger charge is -2.26. The summed E-state index contributed by atoms with van der Waals surface area (Å²) in [5.74, 6) is 0.149. The fourth-order valence-electron chi connectivity index (χ4n) is 4.06. The Morgan fingerprint density at radius 3 is 2.53 bits per heavy atom. The first-order chi connectivity index (χ1) is 17.5. The number of nitrogens with zero attached hydrogens (tertiary/aromatic N) is 4. The van der Waals surface area contributed by atoms with E-state index in [1.165, 1.54) is 16.8 Å². The molecular formula is C26H24ClN5O3S. The first-order valence-electron chi connectivity index (χ1n) is 11.7. The summed E-state index contributed by atoms with van der Waals surface area (Å²) in [6.07, 6.45) is 4.96. The summed E-state index contributed by atoms with van der Waals surface area (Å²) in [5.41, 5.74) is 1.88. The molecule has 10 heteroatoms. The van der Waals surface area contributed by atoms with Crippen molar-refractivity contribution >= 4 is 57.3 Å². The van der Waals surface area contributed by atoms with Crippen molar-refractivity contribution in [3.05, 3.63) is 70.3 Å². The fourth-order valence-corrected chi connectivity index (χ4v) is 5.06. The highest BCUT2D eigenvalue weighted by atomic mass is 35.5. The zero-order valence-corrected chi connectivity index (χ0v) is 21.0. The molecule has 0 radical (unpaired) electrons. The van der Waals surface area contributed by atoms with E-state index in [1.807, 2.05) is 53.4 Å². The van der Waals surface area contributed by atoms with Gasteiger partial charge in [0.25, 0.3) is 5.91 Å². The quantitative estimate of drug-likeness (QED) is 0.543. The standard InChI is InChI=1S/C26H24ClN5O3S/c27-19-8-4-18(5-9-19)16-35-20-10-6-17(7-11-20)14-21-24(28)32-26(29-25(21)34)36-22(30-32)15-23(33)31-12-2-1-3-13-31/h4-11,14,28H,1-3,12-13,15-16H2/b21-14-,28-24?. The van der Waals surface area contributed by atoms with Crippen LogP contribution in [0, 0.1) is 5.41 Å². The van der Waals surface area contributed by atoms with Crippen LogP contribution < -0.4 is 4.74 Å². The number of rotatable bonds is 6. The zero-order chi connectivity index (χ0) is 25.1. The molecule has 0 aromatic heterocycles. The van der Waals surface area contributed by atoms with Crippen LogP contribution in [0.5, 0.6) is 5.75 Å². The van der Waals surface area contributed by atoms with Gasteiger partial charge in [0, 0.05) is 18.1 Å². The van der Waals surface area contributed by atoms with Crippen LogP contribution in [0.1, 0.15) is 36.8 Å². The van der Waals surface area contributed by atoms with E-state index in [2.05, 4.69) is 10.1 Å². The first kappa shape index (κ1) is 24.3. The maximum atomic E-state index is 12.7. The molecule has 0 spiro atoms. The summed E-state index contributed by atoms with van der Waals surface area (Å²) in [4.78, 5) is 31.3. The minimum absolute atomic E-state index is 0.0217. The van der Waals surface area contributed by atoms with Gasteiger partial charge >= 0.3 is 0 Å². The van der Waals surface area contributed by atoms with E-state index in [0.29, 0.717) is 27.6 Å². The van der Waals surface area contributed by atoms with Crippen LogP contribution in [0.15, 0.2) is 64.2 Å². The molecule has 0 unspecified atom stereocenters. The molecule has 0 aliphatic carbocycles. The van der Waals surface area contributed by atoms with Crippen LogP contribution >= 0.6 is 23.4 Å². The van der Waals surface area contributed by atoms with Gasteiger partial charge < -0.3 is 9.64 Å². The largest absolute Gasteiger partial charge is 0.489 e. The lowest BCUT2D eigenvalue weighted by Crippen LogP contribution is -2.36. The number of fused-ring (bicyclic) bond motifs is 1. The smallest absolute Gasteiger partial charge is 0.283 e. The van der Waals surface area contributed by atoms with E-state index < -0.39 is 5.91 Å². The van der Waals surface area contributed by atoms with Gasteiger partial charge in [-0.2, -0.15) is 15.1 Å². The first-order valence-corrected chi connectivity index (χ1v) is 12.9. The highest BCUT2D eigenvalue weighted by Gasteiger charge is 2.36. The number of carbonyl (C=O) groups excluding carboxylic acids is 2. The van der Waals surface area contributed by atoms with Crippen molar-refractivity contribution in [1.82, 2.24) is 9.91 Å². The van der Waals surface area contributed by atoms with Crippen molar-refractivity contribution in [1.29, 1.82) is 5.41 Å². The minimum Gasteiger partial charge on any atom is -0.489 e. The van der Waals surface area contributed by atoms with Crippen molar-refractivity contribution in [2.24, 2.45) is 10.1 Å². The van der Waals surface area contributed by atoms with Gasteiger partial charge in [0.1, 0.15) is 17.4 Å². The van der Waals surface area contributed by atoms with Crippen molar-refractivity contribution in [2.75, 3.05) is 13.1 Å². The molecule has 0 atom stereocenters. The molecule has 3 heterocycles. The predicted octanol–water partition coefficient (Wildman–Crippen LogP) is 4.94. The number of thioether (sulfide) groups is 1. The van der Waals surface area contributed by atoms with E-state index in [0.717, 1.165) is 43.5 Å². The second kappa shape index (κ2) is 10.7. The number of benzene rings is 2. The summed E-state index contributed by atoms with van der Waals surface area (Å²) in [6.45, 7) is 1.95. The molecule has 8 nitrogen and oxygen atoms in total. The topological polar surface area (TPSA) is 98.4 Å². The number of hydrazone groups is 1. The van der Waals surface area contributed by atoms with Crippen LogP contribution in [-0.4, -0.2) is 50.9 Å². The van der Waals surface area contributed by atoms with Crippen LogP contribution in [0.2, 0.25) is 5.02 Å². The van der Waals surface area contributed by atoms with Gasteiger partial charge in [0.15, 0.2) is 5.84 Å². The van der Waals surface area contributed by atoms with Crippen LogP contribution in [-0.2, 0) is 16.2 Å². The normalized spacial score (nSPS) is 18.8. The molecule has 0 bridgehead atoms. The maximum absolute atomic E-state index is 12.7. The Hall–Kier alpha value is -3.43. The van der Waals surface area contributed by atoms with Gasteiger partial charge in [-0.05, 0) is 72.5 Å². The van der Waals surface area contributed by atoms with E-state index in [1.54, 1.807) is 6.08 Å². The van der Waals surface area contributed by atoms with Gasteiger partial charge in [0.05, 0.1) is 12.0 Å². The Kier molecular flexibility index (Phi) is 7.20. The molecule has 0 saturated carbocycles. The van der Waals surface area contributed by atoms with Gasteiger partial charge in [-0.3, -0.25) is 15.0 Å². The Morgan fingerprint density at radius 1 is 1.08 bits per heavy atom. The second-order valence-electron chi connectivity index (χ2n) is 8.62. The third kappa shape index (κ3) is 5.52. The van der Waals surface area contributed by atoms with Gasteiger partial charge in [-0.1, -0.05) is 35.9 Å². The Morgan fingerprint density at radius 2 is 1.81 bits per heavy atom. The zero-order valence-electron chi connectivity index (χ0n) is 19.4. The molecule has 2 aromatic carbocycles. The number of aliphatic imine (C=N–C) groups is 1.